The number of aromatic amines is 1. The first-order chi connectivity index (χ1) is 15.7. The molecule has 0 aliphatic carbocycles. The Morgan fingerprint density at radius 3 is 2.22 bits per heavy atom. The van der Waals surface area contributed by atoms with Gasteiger partial charge in [-0.1, -0.05) is 67.6 Å². The second kappa shape index (κ2) is 7.90. The monoisotopic (exact) mass is 426 g/mol. The second-order valence-electron chi connectivity index (χ2n) is 7.46. The van der Waals surface area contributed by atoms with Gasteiger partial charge in [0, 0.05) is 5.56 Å². The highest BCUT2D eigenvalue weighted by Gasteiger charge is 2.39. The fourth-order valence-corrected chi connectivity index (χ4v) is 4.18. The summed E-state index contributed by atoms with van der Waals surface area (Å²) in [5.74, 6) is 1.06. The Balaban J connectivity index is 1.82. The van der Waals surface area contributed by atoms with Crippen LogP contribution in [0.2, 0.25) is 0 Å². The van der Waals surface area contributed by atoms with Crippen molar-refractivity contribution in [2.45, 2.75) is 18.9 Å². The van der Waals surface area contributed by atoms with E-state index in [9.17, 15) is 5.11 Å². The van der Waals surface area contributed by atoms with Crippen molar-refractivity contribution in [2.24, 2.45) is 0 Å². The van der Waals surface area contributed by atoms with Crippen LogP contribution in [0.25, 0.3) is 16.9 Å². The largest absolute Gasteiger partial charge is 0.494 e. The molecule has 0 unspecified atom stereocenters. The molecule has 0 fully saturated rings. The standard InChI is InChI=1S/C24H22N6O2/c1-3-18-20-14-19(23-25-28-29-26-23)21(32-2)15-30(20)27-22(18)24(31,16-10-6-4-7-11-16)17-12-8-5-9-13-17/h4-15,31H,3H2,1-2H3,(H,25,26,28,29). The summed E-state index contributed by atoms with van der Waals surface area (Å²) in [5, 5.41) is 31.3. The predicted molar refractivity (Wildman–Crippen MR) is 119 cm³/mol. The predicted octanol–water partition coefficient (Wildman–Crippen LogP) is 3.37. The molecule has 0 saturated heterocycles. The van der Waals surface area contributed by atoms with Gasteiger partial charge in [0.2, 0.25) is 0 Å². The topological polar surface area (TPSA) is 101 Å². The molecule has 160 valence electrons. The van der Waals surface area contributed by atoms with Crippen molar-refractivity contribution >= 4 is 5.52 Å². The van der Waals surface area contributed by atoms with Crippen molar-refractivity contribution in [2.75, 3.05) is 7.11 Å². The summed E-state index contributed by atoms with van der Waals surface area (Å²) in [4.78, 5) is 0. The number of rotatable bonds is 6. The van der Waals surface area contributed by atoms with E-state index in [4.69, 9.17) is 9.84 Å². The van der Waals surface area contributed by atoms with Gasteiger partial charge >= 0.3 is 0 Å². The minimum Gasteiger partial charge on any atom is -0.494 e. The number of methoxy groups -OCH3 is 1. The molecular formula is C24H22N6O2. The van der Waals surface area contributed by atoms with E-state index in [1.165, 1.54) is 0 Å². The summed E-state index contributed by atoms with van der Waals surface area (Å²) in [7, 11) is 1.59. The van der Waals surface area contributed by atoms with E-state index in [2.05, 4.69) is 27.5 Å². The molecule has 32 heavy (non-hydrogen) atoms. The molecule has 0 aliphatic heterocycles. The molecule has 0 amide bonds. The molecule has 0 aliphatic rings. The zero-order chi connectivity index (χ0) is 22.1. The number of hydrogen-bond donors (Lipinski definition) is 2. The Morgan fingerprint density at radius 1 is 1.03 bits per heavy atom. The van der Waals surface area contributed by atoms with Crippen LogP contribution in [0.5, 0.6) is 5.75 Å². The molecule has 5 aromatic rings. The Labute approximate surface area is 184 Å². The summed E-state index contributed by atoms with van der Waals surface area (Å²) >= 11 is 0. The number of nitrogens with zero attached hydrogens (tertiary/aromatic N) is 5. The van der Waals surface area contributed by atoms with Crippen molar-refractivity contribution in [1.82, 2.24) is 30.2 Å². The van der Waals surface area contributed by atoms with Crippen LogP contribution in [0.15, 0.2) is 72.9 Å². The van der Waals surface area contributed by atoms with Gasteiger partial charge in [0.1, 0.15) is 11.4 Å². The molecule has 0 spiro atoms. The highest BCUT2D eigenvalue weighted by atomic mass is 16.5. The lowest BCUT2D eigenvalue weighted by atomic mass is 9.81. The molecule has 2 N–H and O–H groups in total. The summed E-state index contributed by atoms with van der Waals surface area (Å²) in [6.07, 6.45) is 2.45. The fourth-order valence-electron chi connectivity index (χ4n) is 4.18. The number of H-pyrrole nitrogens is 1. The summed E-state index contributed by atoms with van der Waals surface area (Å²) in [6, 6.07) is 21.2. The zero-order valence-corrected chi connectivity index (χ0v) is 17.7. The number of aryl methyl sites for hydroxylation is 1. The maximum atomic E-state index is 12.3. The van der Waals surface area contributed by atoms with Crippen LogP contribution in [0, 0.1) is 0 Å². The van der Waals surface area contributed by atoms with E-state index in [1.807, 2.05) is 66.7 Å². The van der Waals surface area contributed by atoms with Gasteiger partial charge in [-0.05, 0) is 34.0 Å². The van der Waals surface area contributed by atoms with Gasteiger partial charge in [-0.25, -0.2) is 9.61 Å². The molecule has 0 radical (unpaired) electrons. The molecule has 0 bridgehead atoms. The van der Waals surface area contributed by atoms with Crippen LogP contribution in [0.1, 0.15) is 29.3 Å². The Morgan fingerprint density at radius 2 is 1.69 bits per heavy atom. The fraction of sp³-hybridized carbons (Fsp3) is 0.167. The normalized spacial score (nSPS) is 11.7. The number of hydrogen-bond acceptors (Lipinski definition) is 6. The molecule has 0 atom stereocenters. The van der Waals surface area contributed by atoms with E-state index < -0.39 is 5.60 Å². The minimum absolute atomic E-state index is 0.496. The second-order valence-corrected chi connectivity index (χ2v) is 7.46. The molecular weight excluding hydrogens is 404 g/mol. The van der Waals surface area contributed by atoms with Crippen LogP contribution in [0.3, 0.4) is 0 Å². The van der Waals surface area contributed by atoms with Crippen molar-refractivity contribution in [3.8, 4) is 17.1 Å². The molecule has 0 saturated carbocycles. The lowest BCUT2D eigenvalue weighted by molar-refractivity contribution is 0.119. The van der Waals surface area contributed by atoms with E-state index >= 15 is 0 Å². The minimum atomic E-state index is -1.43. The maximum Gasteiger partial charge on any atom is 0.183 e. The maximum absolute atomic E-state index is 12.3. The van der Waals surface area contributed by atoms with Gasteiger partial charge in [0.25, 0.3) is 0 Å². The first-order valence-electron chi connectivity index (χ1n) is 10.3. The van der Waals surface area contributed by atoms with Crippen LogP contribution < -0.4 is 4.74 Å². The third-order valence-electron chi connectivity index (χ3n) is 5.74. The van der Waals surface area contributed by atoms with Crippen molar-refractivity contribution in [1.29, 1.82) is 0 Å². The van der Waals surface area contributed by atoms with Crippen molar-refractivity contribution < 1.29 is 9.84 Å². The number of fused-ring (bicyclic) bond motifs is 1. The number of aliphatic hydroxyl groups is 1. The Bertz CT molecular complexity index is 1310. The lowest BCUT2D eigenvalue weighted by Crippen LogP contribution is -2.30. The van der Waals surface area contributed by atoms with Crippen LogP contribution in [-0.2, 0) is 12.0 Å². The highest BCUT2D eigenvalue weighted by Crippen LogP contribution is 2.40. The molecule has 8 heteroatoms. The Kier molecular flexibility index (Phi) is 4.91. The van der Waals surface area contributed by atoms with Crippen LogP contribution in [-0.4, -0.2) is 42.5 Å². The first-order valence-corrected chi connectivity index (χ1v) is 10.3. The number of pyridine rings is 1. The molecule has 5 rings (SSSR count). The Hall–Kier alpha value is -4.04. The van der Waals surface area contributed by atoms with E-state index in [0.717, 1.165) is 22.2 Å². The first kappa shape index (κ1) is 19.9. The third-order valence-corrected chi connectivity index (χ3v) is 5.74. The van der Waals surface area contributed by atoms with Gasteiger partial charge in [0.05, 0.1) is 24.4 Å². The van der Waals surface area contributed by atoms with Gasteiger partial charge in [-0.3, -0.25) is 0 Å². The average Bonchev–Trinajstić information content (AvgIpc) is 3.51. The smallest absolute Gasteiger partial charge is 0.183 e. The number of nitrogens with one attached hydrogen (secondary N) is 1. The van der Waals surface area contributed by atoms with Gasteiger partial charge in [0.15, 0.2) is 11.4 Å². The van der Waals surface area contributed by atoms with Crippen LogP contribution >= 0.6 is 0 Å². The average molecular weight is 426 g/mol. The SMILES string of the molecule is CCc1c(C(O)(c2ccccc2)c2ccccc2)nn2cc(OC)c(-c3nnn[nH]3)cc12. The zero-order valence-electron chi connectivity index (χ0n) is 17.7. The highest BCUT2D eigenvalue weighted by molar-refractivity contribution is 5.73. The van der Waals surface area contributed by atoms with Gasteiger partial charge < -0.3 is 9.84 Å². The quantitative estimate of drug-likeness (QED) is 0.432. The van der Waals surface area contributed by atoms with Crippen molar-refractivity contribution in [3.63, 3.8) is 0 Å². The van der Waals surface area contributed by atoms with Crippen molar-refractivity contribution in [3.05, 3.63) is 95.3 Å². The number of aromatic nitrogens is 6. The number of ether oxygens (including phenoxy) is 1. The molecule has 2 aromatic carbocycles. The lowest BCUT2D eigenvalue weighted by Gasteiger charge is -2.28. The van der Waals surface area contributed by atoms with Gasteiger partial charge in [-0.15, -0.1) is 5.10 Å². The van der Waals surface area contributed by atoms with E-state index in [0.29, 0.717) is 29.3 Å². The summed E-state index contributed by atoms with van der Waals surface area (Å²) in [5.41, 5.74) is 3.13. The van der Waals surface area contributed by atoms with Crippen LogP contribution in [0.4, 0.5) is 0 Å². The molecule has 3 aromatic heterocycles. The van der Waals surface area contributed by atoms with E-state index in [1.54, 1.807) is 17.8 Å². The third kappa shape index (κ3) is 3.04. The molecule has 8 nitrogen and oxygen atoms in total. The number of benzene rings is 2. The van der Waals surface area contributed by atoms with Gasteiger partial charge in [-0.2, -0.15) is 5.10 Å². The summed E-state index contributed by atoms with van der Waals surface area (Å²) < 4.78 is 7.32. The number of tetrazole rings is 1. The molecule has 3 heterocycles. The van der Waals surface area contributed by atoms with E-state index in [-0.39, 0.29) is 0 Å². The summed E-state index contributed by atoms with van der Waals surface area (Å²) in [6.45, 7) is 2.05.